The SMILES string of the molecule is C#CCCN(C)C.CC. The van der Waals surface area contributed by atoms with Gasteiger partial charge in [-0.1, -0.05) is 13.8 Å². The maximum atomic E-state index is 5.00. The Bertz CT molecular complexity index is 69.1. The van der Waals surface area contributed by atoms with Gasteiger partial charge >= 0.3 is 0 Å². The van der Waals surface area contributed by atoms with Crippen molar-refractivity contribution in [1.82, 2.24) is 4.90 Å². The molecule has 0 aliphatic rings. The summed E-state index contributed by atoms with van der Waals surface area (Å²) < 4.78 is 0. The monoisotopic (exact) mass is 127 g/mol. The molecule has 0 atom stereocenters. The lowest BCUT2D eigenvalue weighted by molar-refractivity contribution is 0.420. The van der Waals surface area contributed by atoms with E-state index in [1.54, 1.807) is 0 Å². The molecule has 0 aromatic rings. The van der Waals surface area contributed by atoms with E-state index in [9.17, 15) is 0 Å². The zero-order chi connectivity index (χ0) is 7.70. The second-order valence-electron chi connectivity index (χ2n) is 1.76. The van der Waals surface area contributed by atoms with Crippen LogP contribution in [0.25, 0.3) is 0 Å². The van der Waals surface area contributed by atoms with Crippen molar-refractivity contribution in [2.24, 2.45) is 0 Å². The van der Waals surface area contributed by atoms with Crippen LogP contribution in [0.1, 0.15) is 20.3 Å². The van der Waals surface area contributed by atoms with Crippen molar-refractivity contribution in [3.63, 3.8) is 0 Å². The summed E-state index contributed by atoms with van der Waals surface area (Å²) in [4.78, 5) is 2.07. The average Bonchev–Trinajstić information content (AvgIpc) is 1.88. The summed E-state index contributed by atoms with van der Waals surface area (Å²) in [5.41, 5.74) is 0. The molecule has 0 saturated heterocycles. The third kappa shape index (κ3) is 18.5. The normalized spacial score (nSPS) is 7.56. The zero-order valence-corrected chi connectivity index (χ0v) is 6.94. The lowest BCUT2D eigenvalue weighted by atomic mass is 10.4. The van der Waals surface area contributed by atoms with Crippen molar-refractivity contribution >= 4 is 0 Å². The quantitative estimate of drug-likeness (QED) is 0.509. The van der Waals surface area contributed by atoms with E-state index in [-0.39, 0.29) is 0 Å². The van der Waals surface area contributed by atoms with Gasteiger partial charge in [-0.2, -0.15) is 0 Å². The van der Waals surface area contributed by atoms with Gasteiger partial charge < -0.3 is 4.90 Å². The predicted molar refractivity (Wildman–Crippen MR) is 43.4 cm³/mol. The minimum absolute atomic E-state index is 0.854. The second-order valence-corrected chi connectivity index (χ2v) is 1.76. The Morgan fingerprint density at radius 2 is 1.78 bits per heavy atom. The lowest BCUT2D eigenvalue weighted by Gasteiger charge is -2.03. The first kappa shape index (κ1) is 11.3. The molecule has 0 amide bonds. The van der Waals surface area contributed by atoms with Gasteiger partial charge in [0.1, 0.15) is 0 Å². The number of terminal acetylenes is 1. The van der Waals surface area contributed by atoms with Gasteiger partial charge in [-0.15, -0.1) is 12.3 Å². The fraction of sp³-hybridized carbons (Fsp3) is 0.750. The van der Waals surface area contributed by atoms with E-state index in [1.165, 1.54) is 0 Å². The van der Waals surface area contributed by atoms with Crippen LogP contribution >= 0.6 is 0 Å². The number of nitrogens with zero attached hydrogens (tertiary/aromatic N) is 1. The number of hydrogen-bond acceptors (Lipinski definition) is 1. The highest BCUT2D eigenvalue weighted by Gasteiger charge is 1.81. The largest absolute Gasteiger partial charge is 0.308 e. The van der Waals surface area contributed by atoms with Crippen LogP contribution < -0.4 is 0 Å². The molecule has 0 fully saturated rings. The second kappa shape index (κ2) is 10.5. The first-order valence-corrected chi connectivity index (χ1v) is 3.35. The molecule has 0 unspecified atom stereocenters. The van der Waals surface area contributed by atoms with Crippen molar-refractivity contribution in [1.29, 1.82) is 0 Å². The van der Waals surface area contributed by atoms with Gasteiger partial charge in [0.2, 0.25) is 0 Å². The van der Waals surface area contributed by atoms with E-state index < -0.39 is 0 Å². The molecule has 1 heteroatoms. The van der Waals surface area contributed by atoms with Crippen molar-refractivity contribution < 1.29 is 0 Å². The zero-order valence-electron chi connectivity index (χ0n) is 6.94. The Morgan fingerprint density at radius 3 is 1.89 bits per heavy atom. The van der Waals surface area contributed by atoms with Crippen LogP contribution in [0.3, 0.4) is 0 Å². The van der Waals surface area contributed by atoms with Gasteiger partial charge in [-0.3, -0.25) is 0 Å². The summed E-state index contributed by atoms with van der Waals surface area (Å²) in [5, 5.41) is 0. The van der Waals surface area contributed by atoms with Crippen LogP contribution in [0.15, 0.2) is 0 Å². The topological polar surface area (TPSA) is 3.24 Å². The molecule has 0 spiro atoms. The highest BCUT2D eigenvalue weighted by Crippen LogP contribution is 1.76. The minimum atomic E-state index is 0.854. The van der Waals surface area contributed by atoms with E-state index in [0.717, 1.165) is 13.0 Å². The van der Waals surface area contributed by atoms with Crippen LogP contribution in [0.5, 0.6) is 0 Å². The Labute approximate surface area is 59.1 Å². The lowest BCUT2D eigenvalue weighted by Crippen LogP contribution is -2.11. The third-order valence-corrected chi connectivity index (χ3v) is 0.703. The first-order valence-electron chi connectivity index (χ1n) is 3.35. The van der Waals surface area contributed by atoms with Crippen LogP contribution in [0, 0.1) is 12.3 Å². The fourth-order valence-corrected chi connectivity index (χ4v) is 0.288. The molecule has 54 valence electrons. The molecule has 9 heavy (non-hydrogen) atoms. The minimum Gasteiger partial charge on any atom is -0.308 e. The Morgan fingerprint density at radius 1 is 1.33 bits per heavy atom. The number of rotatable bonds is 2. The van der Waals surface area contributed by atoms with Gasteiger partial charge in [-0.25, -0.2) is 0 Å². The molecule has 1 nitrogen and oxygen atoms in total. The summed E-state index contributed by atoms with van der Waals surface area (Å²) in [6.07, 6.45) is 5.85. The van der Waals surface area contributed by atoms with Crippen LogP contribution in [0.4, 0.5) is 0 Å². The molecular formula is C8H17N. The molecule has 0 bridgehead atoms. The molecule has 0 saturated carbocycles. The molecule has 0 aromatic carbocycles. The van der Waals surface area contributed by atoms with Crippen molar-refractivity contribution in [3.8, 4) is 12.3 Å². The van der Waals surface area contributed by atoms with Gasteiger partial charge in [0.25, 0.3) is 0 Å². The maximum absolute atomic E-state index is 5.00. The highest BCUT2D eigenvalue weighted by atomic mass is 15.0. The van der Waals surface area contributed by atoms with E-state index in [4.69, 9.17) is 6.42 Å². The van der Waals surface area contributed by atoms with E-state index in [1.807, 2.05) is 27.9 Å². The van der Waals surface area contributed by atoms with Crippen molar-refractivity contribution in [2.45, 2.75) is 20.3 Å². The highest BCUT2D eigenvalue weighted by molar-refractivity contribution is 4.83. The molecular weight excluding hydrogens is 110 g/mol. The first-order chi connectivity index (χ1) is 4.27. The molecule has 0 N–H and O–H groups in total. The van der Waals surface area contributed by atoms with Gasteiger partial charge in [-0.05, 0) is 14.1 Å². The van der Waals surface area contributed by atoms with Crippen LogP contribution in [-0.4, -0.2) is 25.5 Å². The molecule has 0 radical (unpaired) electrons. The molecule has 0 heterocycles. The standard InChI is InChI=1S/C6H11N.C2H6/c1-4-5-6-7(2)3;1-2/h1H,5-6H2,2-3H3;1-2H3. The van der Waals surface area contributed by atoms with Gasteiger partial charge in [0.15, 0.2) is 0 Å². The Hall–Kier alpha value is -0.480. The van der Waals surface area contributed by atoms with Crippen LogP contribution in [-0.2, 0) is 0 Å². The summed E-state index contributed by atoms with van der Waals surface area (Å²) in [5.74, 6) is 2.56. The van der Waals surface area contributed by atoms with Crippen molar-refractivity contribution in [3.05, 3.63) is 0 Å². The smallest absolute Gasteiger partial charge is 0.0214 e. The molecule has 0 aliphatic heterocycles. The van der Waals surface area contributed by atoms with E-state index >= 15 is 0 Å². The third-order valence-electron chi connectivity index (χ3n) is 0.703. The predicted octanol–water partition coefficient (Wildman–Crippen LogP) is 1.60. The fourth-order valence-electron chi connectivity index (χ4n) is 0.288. The molecule has 0 rings (SSSR count). The Kier molecular flexibility index (Phi) is 13.2. The van der Waals surface area contributed by atoms with Gasteiger partial charge in [0.05, 0.1) is 0 Å². The van der Waals surface area contributed by atoms with Crippen LogP contribution in [0.2, 0.25) is 0 Å². The Balaban J connectivity index is 0. The summed E-state index contributed by atoms with van der Waals surface area (Å²) in [6, 6.07) is 0. The maximum Gasteiger partial charge on any atom is 0.0214 e. The summed E-state index contributed by atoms with van der Waals surface area (Å²) in [7, 11) is 4.02. The van der Waals surface area contributed by atoms with E-state index in [2.05, 4.69) is 10.8 Å². The summed E-state index contributed by atoms with van der Waals surface area (Å²) in [6.45, 7) is 5.00. The molecule has 0 aliphatic carbocycles. The van der Waals surface area contributed by atoms with Gasteiger partial charge in [0, 0.05) is 13.0 Å². The number of hydrogen-bond donors (Lipinski definition) is 0. The molecule has 0 aromatic heterocycles. The average molecular weight is 127 g/mol. The van der Waals surface area contributed by atoms with Crippen molar-refractivity contribution in [2.75, 3.05) is 20.6 Å². The summed E-state index contributed by atoms with van der Waals surface area (Å²) >= 11 is 0. The van der Waals surface area contributed by atoms with E-state index in [0.29, 0.717) is 0 Å².